The largest absolute Gasteiger partial charge is 0.313 e. The minimum absolute atomic E-state index is 0.273. The number of halogens is 2. The van der Waals surface area contributed by atoms with Crippen LogP contribution in [0.1, 0.15) is 44.6 Å². The summed E-state index contributed by atoms with van der Waals surface area (Å²) in [6, 6.07) is 4.60. The Morgan fingerprint density at radius 2 is 2.00 bits per heavy atom. The summed E-state index contributed by atoms with van der Waals surface area (Å²) in [5, 5.41) is 3.93. The van der Waals surface area contributed by atoms with E-state index in [4.69, 9.17) is 11.6 Å². The molecule has 0 amide bonds. The van der Waals surface area contributed by atoms with Crippen molar-refractivity contribution < 1.29 is 4.39 Å². The number of nitrogens with one attached hydrogen (secondary N) is 1. The van der Waals surface area contributed by atoms with Crippen molar-refractivity contribution in [2.24, 2.45) is 11.8 Å². The highest BCUT2D eigenvalue weighted by atomic mass is 35.5. The first-order valence-corrected chi connectivity index (χ1v) is 7.67. The maximum atomic E-state index is 12.9. The van der Waals surface area contributed by atoms with Crippen LogP contribution in [0.2, 0.25) is 5.02 Å². The molecule has 0 heterocycles. The number of hydrogen-bond acceptors (Lipinski definition) is 1. The topological polar surface area (TPSA) is 12.0 Å². The van der Waals surface area contributed by atoms with Crippen molar-refractivity contribution >= 4 is 11.6 Å². The summed E-state index contributed by atoms with van der Waals surface area (Å²) in [5.74, 6) is 1.53. The Bertz CT molecular complexity index is 400. The number of hydrogen-bond donors (Lipinski definition) is 1. The van der Waals surface area contributed by atoms with Crippen molar-refractivity contribution in [3.8, 4) is 0 Å². The van der Waals surface area contributed by atoms with Crippen LogP contribution in [0, 0.1) is 17.7 Å². The Hall–Kier alpha value is -0.600. The van der Waals surface area contributed by atoms with E-state index in [9.17, 15) is 4.39 Å². The molecule has 0 aliphatic heterocycles. The fraction of sp³-hybridized carbons (Fsp3) is 0.625. The van der Waals surface area contributed by atoms with Gasteiger partial charge in [-0.25, -0.2) is 4.39 Å². The predicted octanol–water partition coefficient (Wildman–Crippen LogP) is 4.79. The summed E-state index contributed by atoms with van der Waals surface area (Å²) in [6.45, 7) is 4.10. The van der Waals surface area contributed by atoms with Gasteiger partial charge in [-0.05, 0) is 42.5 Å². The molecule has 1 nitrogen and oxygen atoms in total. The summed E-state index contributed by atoms with van der Waals surface area (Å²) >= 11 is 5.99. The molecule has 3 heteroatoms. The van der Waals surface area contributed by atoms with Gasteiger partial charge in [0.2, 0.25) is 0 Å². The van der Waals surface area contributed by atoms with Gasteiger partial charge in [0.15, 0.2) is 0 Å². The van der Waals surface area contributed by atoms with Crippen LogP contribution in [0.3, 0.4) is 0 Å². The van der Waals surface area contributed by atoms with Gasteiger partial charge in [-0.15, -0.1) is 0 Å². The van der Waals surface area contributed by atoms with Gasteiger partial charge in [0.05, 0.1) is 0 Å². The highest BCUT2D eigenvalue weighted by molar-refractivity contribution is 6.31. The number of benzene rings is 1. The third-order valence-electron chi connectivity index (χ3n) is 4.20. The lowest BCUT2D eigenvalue weighted by Crippen LogP contribution is -2.20. The molecule has 0 saturated heterocycles. The smallest absolute Gasteiger partial charge is 0.124 e. The van der Waals surface area contributed by atoms with Crippen molar-refractivity contribution in [2.75, 3.05) is 6.54 Å². The molecule has 0 spiro atoms. The van der Waals surface area contributed by atoms with E-state index in [1.54, 1.807) is 6.07 Å². The van der Waals surface area contributed by atoms with E-state index in [0.717, 1.165) is 30.5 Å². The van der Waals surface area contributed by atoms with E-state index in [1.807, 2.05) is 0 Å². The molecule has 1 aromatic rings. The lowest BCUT2D eigenvalue weighted by Gasteiger charge is -2.26. The Balaban J connectivity index is 1.66. The van der Waals surface area contributed by atoms with E-state index < -0.39 is 0 Å². The Labute approximate surface area is 120 Å². The van der Waals surface area contributed by atoms with E-state index in [0.29, 0.717) is 5.02 Å². The molecule has 0 unspecified atom stereocenters. The fourth-order valence-corrected chi connectivity index (χ4v) is 3.05. The first-order chi connectivity index (χ1) is 9.15. The van der Waals surface area contributed by atoms with Gasteiger partial charge < -0.3 is 5.32 Å². The predicted molar refractivity (Wildman–Crippen MR) is 78.9 cm³/mol. The molecule has 1 aromatic carbocycles. The van der Waals surface area contributed by atoms with Crippen LogP contribution in [0.5, 0.6) is 0 Å². The molecule has 0 radical (unpaired) electrons. The highest BCUT2D eigenvalue weighted by Crippen LogP contribution is 2.29. The standard InChI is InChI=1S/C16H23ClFN/c1-12-2-4-13(5-3-12)8-9-19-11-14-6-7-15(18)10-16(14)17/h6-7,10,12-13,19H,2-5,8-9,11H2,1H3. The quantitative estimate of drug-likeness (QED) is 0.767. The van der Waals surface area contributed by atoms with Gasteiger partial charge in [0, 0.05) is 11.6 Å². The molecule has 0 atom stereocenters. The maximum absolute atomic E-state index is 12.9. The van der Waals surface area contributed by atoms with Gasteiger partial charge in [0.25, 0.3) is 0 Å². The van der Waals surface area contributed by atoms with E-state index in [-0.39, 0.29) is 5.82 Å². The second kappa shape index (κ2) is 7.25. The molecule has 19 heavy (non-hydrogen) atoms. The van der Waals surface area contributed by atoms with Crippen molar-refractivity contribution in [1.82, 2.24) is 5.32 Å². The Morgan fingerprint density at radius 3 is 2.68 bits per heavy atom. The van der Waals surface area contributed by atoms with Crippen molar-refractivity contribution in [3.05, 3.63) is 34.6 Å². The highest BCUT2D eigenvalue weighted by Gasteiger charge is 2.17. The molecule has 1 aliphatic rings. The minimum Gasteiger partial charge on any atom is -0.313 e. The molecule has 0 aromatic heterocycles. The van der Waals surface area contributed by atoms with Crippen LogP contribution >= 0.6 is 11.6 Å². The third-order valence-corrected chi connectivity index (χ3v) is 4.55. The zero-order chi connectivity index (χ0) is 13.7. The van der Waals surface area contributed by atoms with Crippen LogP contribution in [-0.2, 0) is 6.54 Å². The molecular formula is C16H23ClFN. The van der Waals surface area contributed by atoms with Gasteiger partial charge in [0.1, 0.15) is 5.82 Å². The zero-order valence-electron chi connectivity index (χ0n) is 11.6. The molecule has 1 fully saturated rings. The van der Waals surface area contributed by atoms with Crippen LogP contribution < -0.4 is 5.32 Å². The lowest BCUT2D eigenvalue weighted by molar-refractivity contribution is 0.275. The first kappa shape index (κ1) is 14.8. The summed E-state index contributed by atoms with van der Waals surface area (Å²) in [6.07, 6.45) is 6.76. The second-order valence-corrected chi connectivity index (χ2v) is 6.23. The average Bonchev–Trinajstić information content (AvgIpc) is 2.39. The molecule has 1 N–H and O–H groups in total. The third kappa shape index (κ3) is 4.77. The van der Waals surface area contributed by atoms with Gasteiger partial charge >= 0.3 is 0 Å². The van der Waals surface area contributed by atoms with Gasteiger partial charge in [-0.2, -0.15) is 0 Å². The molecular weight excluding hydrogens is 261 g/mol. The molecule has 2 rings (SSSR count). The van der Waals surface area contributed by atoms with Crippen LogP contribution in [-0.4, -0.2) is 6.54 Å². The summed E-state index contributed by atoms with van der Waals surface area (Å²) in [4.78, 5) is 0. The second-order valence-electron chi connectivity index (χ2n) is 5.83. The Morgan fingerprint density at radius 1 is 1.26 bits per heavy atom. The molecule has 1 saturated carbocycles. The van der Waals surface area contributed by atoms with E-state index >= 15 is 0 Å². The molecule has 0 bridgehead atoms. The maximum Gasteiger partial charge on any atom is 0.124 e. The zero-order valence-corrected chi connectivity index (χ0v) is 12.3. The lowest BCUT2D eigenvalue weighted by atomic mass is 9.81. The monoisotopic (exact) mass is 283 g/mol. The summed E-state index contributed by atoms with van der Waals surface area (Å²) < 4.78 is 12.9. The van der Waals surface area contributed by atoms with Crippen molar-refractivity contribution in [1.29, 1.82) is 0 Å². The molecule has 1 aliphatic carbocycles. The van der Waals surface area contributed by atoms with Crippen LogP contribution in [0.25, 0.3) is 0 Å². The normalized spacial score (nSPS) is 23.5. The fourth-order valence-electron chi connectivity index (χ4n) is 2.81. The van der Waals surface area contributed by atoms with Crippen LogP contribution in [0.4, 0.5) is 4.39 Å². The first-order valence-electron chi connectivity index (χ1n) is 7.30. The molecule has 106 valence electrons. The average molecular weight is 284 g/mol. The number of rotatable bonds is 5. The van der Waals surface area contributed by atoms with E-state index in [2.05, 4.69) is 12.2 Å². The minimum atomic E-state index is -0.273. The summed E-state index contributed by atoms with van der Waals surface area (Å²) in [5.41, 5.74) is 0.973. The van der Waals surface area contributed by atoms with Crippen molar-refractivity contribution in [2.45, 2.75) is 45.6 Å². The Kier molecular flexibility index (Phi) is 5.65. The summed E-state index contributed by atoms with van der Waals surface area (Å²) in [7, 11) is 0. The van der Waals surface area contributed by atoms with Gasteiger partial charge in [-0.1, -0.05) is 50.3 Å². The van der Waals surface area contributed by atoms with Crippen LogP contribution in [0.15, 0.2) is 18.2 Å². The van der Waals surface area contributed by atoms with E-state index in [1.165, 1.54) is 44.2 Å². The van der Waals surface area contributed by atoms with Crippen molar-refractivity contribution in [3.63, 3.8) is 0 Å². The van der Waals surface area contributed by atoms with Gasteiger partial charge in [-0.3, -0.25) is 0 Å². The SMILES string of the molecule is CC1CCC(CCNCc2ccc(F)cc2Cl)CC1.